The minimum absolute atomic E-state index is 0.437. The van der Waals surface area contributed by atoms with Crippen LogP contribution in [-0.4, -0.2) is 23.0 Å². The van der Waals surface area contributed by atoms with Gasteiger partial charge in [0.25, 0.3) is 0 Å². The van der Waals surface area contributed by atoms with Crippen LogP contribution >= 0.6 is 34.5 Å². The molecule has 0 spiro atoms. The Kier molecular flexibility index (Phi) is 5.40. The van der Waals surface area contributed by atoms with Crippen molar-refractivity contribution in [3.8, 4) is 10.6 Å². The molecule has 0 atom stereocenters. The summed E-state index contributed by atoms with van der Waals surface area (Å²) in [5, 5.41) is 5.07. The summed E-state index contributed by atoms with van der Waals surface area (Å²) in [6.07, 6.45) is 2.17. The second-order valence-corrected chi connectivity index (χ2v) is 9.45. The van der Waals surface area contributed by atoms with E-state index in [-0.39, 0.29) is 0 Å². The van der Waals surface area contributed by atoms with Gasteiger partial charge in [-0.2, -0.15) is 0 Å². The Balaban J connectivity index is 1.38. The number of nitrogens with zero attached hydrogens (tertiary/aromatic N) is 1. The highest BCUT2D eigenvalue weighted by Gasteiger charge is 2.25. The Labute approximate surface area is 185 Å². The minimum atomic E-state index is 0.437. The summed E-state index contributed by atoms with van der Waals surface area (Å²) in [6.45, 7) is 3.06. The molecule has 0 radical (unpaired) electrons. The third-order valence-electron chi connectivity index (χ3n) is 5.96. The molecule has 0 amide bonds. The van der Waals surface area contributed by atoms with E-state index in [1.54, 1.807) is 11.3 Å². The summed E-state index contributed by atoms with van der Waals surface area (Å²) in [7, 11) is 0. The molecule has 0 saturated carbocycles. The van der Waals surface area contributed by atoms with Gasteiger partial charge in [0, 0.05) is 33.1 Å². The van der Waals surface area contributed by atoms with Crippen molar-refractivity contribution in [1.82, 2.24) is 9.88 Å². The zero-order chi connectivity index (χ0) is 19.8. The van der Waals surface area contributed by atoms with Crippen LogP contribution in [0.5, 0.6) is 0 Å². The fourth-order valence-corrected chi connectivity index (χ4v) is 5.96. The number of aromatic nitrogens is 1. The van der Waals surface area contributed by atoms with Crippen LogP contribution in [0.3, 0.4) is 0 Å². The first-order chi connectivity index (χ1) is 14.2. The summed E-state index contributed by atoms with van der Waals surface area (Å²) in [5.41, 5.74) is 5.00. The molecule has 1 fully saturated rings. The normalized spacial score (nSPS) is 15.9. The predicted molar refractivity (Wildman–Crippen MR) is 125 cm³/mol. The van der Waals surface area contributed by atoms with E-state index in [1.807, 2.05) is 18.2 Å². The van der Waals surface area contributed by atoms with Gasteiger partial charge in [-0.3, -0.25) is 4.90 Å². The van der Waals surface area contributed by atoms with Gasteiger partial charge in [-0.1, -0.05) is 53.5 Å². The van der Waals surface area contributed by atoms with E-state index in [0.29, 0.717) is 5.92 Å². The van der Waals surface area contributed by atoms with Crippen molar-refractivity contribution < 1.29 is 0 Å². The number of aromatic amines is 1. The number of nitrogens with one attached hydrogen (secondary N) is 1. The van der Waals surface area contributed by atoms with Crippen molar-refractivity contribution in [1.29, 1.82) is 0 Å². The largest absolute Gasteiger partial charge is 0.354 e. The smallest absolute Gasteiger partial charge is 0.0611 e. The Morgan fingerprint density at radius 3 is 2.41 bits per heavy atom. The molecule has 0 aliphatic carbocycles. The molecule has 3 heterocycles. The first-order valence-electron chi connectivity index (χ1n) is 10.0. The molecule has 1 aliphatic rings. The molecular weight excluding hydrogens is 419 g/mol. The number of H-pyrrole nitrogens is 1. The molecular formula is C24H22Cl2N2S. The van der Waals surface area contributed by atoms with E-state index in [2.05, 4.69) is 51.7 Å². The van der Waals surface area contributed by atoms with Crippen molar-refractivity contribution in [3.05, 3.63) is 81.1 Å². The lowest BCUT2D eigenvalue weighted by Crippen LogP contribution is -2.32. The molecule has 1 saturated heterocycles. The fraction of sp³-hybridized carbons (Fsp3) is 0.250. The van der Waals surface area contributed by atoms with Crippen molar-refractivity contribution in [3.63, 3.8) is 0 Å². The number of hydrogen-bond acceptors (Lipinski definition) is 2. The molecule has 29 heavy (non-hydrogen) atoms. The lowest BCUT2D eigenvalue weighted by molar-refractivity contribution is 0.205. The Morgan fingerprint density at radius 2 is 1.69 bits per heavy atom. The van der Waals surface area contributed by atoms with E-state index in [0.717, 1.165) is 48.1 Å². The molecule has 1 N–H and O–H groups in total. The second-order valence-electron chi connectivity index (χ2n) is 7.69. The third-order valence-corrected chi connectivity index (χ3v) is 7.50. The average Bonchev–Trinajstić information content (AvgIpc) is 3.37. The van der Waals surface area contributed by atoms with Gasteiger partial charge >= 0.3 is 0 Å². The van der Waals surface area contributed by atoms with Crippen LogP contribution in [0.4, 0.5) is 0 Å². The van der Waals surface area contributed by atoms with Crippen LogP contribution in [0.15, 0.2) is 60.0 Å². The van der Waals surface area contributed by atoms with Gasteiger partial charge < -0.3 is 4.98 Å². The second kappa shape index (κ2) is 8.16. The first-order valence-corrected chi connectivity index (χ1v) is 11.6. The van der Waals surface area contributed by atoms with Crippen molar-refractivity contribution in [2.24, 2.45) is 0 Å². The number of para-hydroxylation sites is 1. The first kappa shape index (κ1) is 19.2. The molecule has 1 aliphatic heterocycles. The van der Waals surface area contributed by atoms with E-state index in [4.69, 9.17) is 23.2 Å². The topological polar surface area (TPSA) is 19.0 Å². The molecule has 2 aromatic carbocycles. The van der Waals surface area contributed by atoms with E-state index in [9.17, 15) is 0 Å². The van der Waals surface area contributed by atoms with Gasteiger partial charge in [0.2, 0.25) is 0 Å². The Morgan fingerprint density at radius 1 is 0.931 bits per heavy atom. The molecule has 4 aromatic rings. The van der Waals surface area contributed by atoms with Gasteiger partial charge in [0.05, 0.1) is 10.6 Å². The monoisotopic (exact) mass is 440 g/mol. The van der Waals surface area contributed by atoms with Crippen LogP contribution in [0.25, 0.3) is 21.5 Å². The molecule has 2 nitrogen and oxygen atoms in total. The van der Waals surface area contributed by atoms with Crippen molar-refractivity contribution in [2.75, 3.05) is 13.1 Å². The SMILES string of the molecule is Clc1cccc(Cl)c1C1CCN(Cc2c(-c3cccs3)[nH]c3ccccc23)CC1. The summed E-state index contributed by atoms with van der Waals surface area (Å²) in [5.74, 6) is 0.437. The van der Waals surface area contributed by atoms with E-state index >= 15 is 0 Å². The highest BCUT2D eigenvalue weighted by Crippen LogP contribution is 2.39. The predicted octanol–water partition coefficient (Wildman–Crippen LogP) is 7.58. The molecule has 148 valence electrons. The third kappa shape index (κ3) is 3.73. The number of hydrogen-bond donors (Lipinski definition) is 1. The fourth-order valence-electron chi connectivity index (χ4n) is 4.50. The average molecular weight is 441 g/mol. The number of halogens is 2. The summed E-state index contributed by atoms with van der Waals surface area (Å²) < 4.78 is 0. The van der Waals surface area contributed by atoms with E-state index < -0.39 is 0 Å². The number of fused-ring (bicyclic) bond motifs is 1. The highest BCUT2D eigenvalue weighted by atomic mass is 35.5. The molecule has 5 rings (SSSR count). The lowest BCUT2D eigenvalue weighted by Gasteiger charge is -2.33. The van der Waals surface area contributed by atoms with Crippen LogP contribution < -0.4 is 0 Å². The zero-order valence-electron chi connectivity index (χ0n) is 16.0. The zero-order valence-corrected chi connectivity index (χ0v) is 18.3. The van der Waals surface area contributed by atoms with E-state index in [1.165, 1.54) is 27.0 Å². The van der Waals surface area contributed by atoms with Gasteiger partial charge in [0.1, 0.15) is 0 Å². The van der Waals surface area contributed by atoms with Crippen LogP contribution in [-0.2, 0) is 6.54 Å². The van der Waals surface area contributed by atoms with Gasteiger partial charge in [-0.05, 0) is 67.1 Å². The number of piperidine rings is 1. The van der Waals surface area contributed by atoms with Crippen molar-refractivity contribution >= 4 is 45.4 Å². The van der Waals surface area contributed by atoms with Crippen LogP contribution in [0.2, 0.25) is 10.0 Å². The molecule has 0 unspecified atom stereocenters. The maximum absolute atomic E-state index is 6.46. The highest BCUT2D eigenvalue weighted by molar-refractivity contribution is 7.13. The lowest BCUT2D eigenvalue weighted by atomic mass is 9.89. The standard InChI is InChI=1S/C24H22Cl2N2S/c25-19-6-3-7-20(26)23(19)16-10-12-28(13-11-16)15-18-17-5-1-2-8-21(17)27-24(18)22-9-4-14-29-22/h1-9,14,16,27H,10-13,15H2. The van der Waals surface area contributed by atoms with Gasteiger partial charge in [-0.25, -0.2) is 0 Å². The van der Waals surface area contributed by atoms with Gasteiger partial charge in [-0.15, -0.1) is 11.3 Å². The van der Waals surface area contributed by atoms with Crippen molar-refractivity contribution in [2.45, 2.75) is 25.3 Å². The summed E-state index contributed by atoms with van der Waals surface area (Å²) in [6, 6.07) is 18.8. The van der Waals surface area contributed by atoms with Gasteiger partial charge in [0.15, 0.2) is 0 Å². The summed E-state index contributed by atoms with van der Waals surface area (Å²) >= 11 is 14.7. The Hall–Kier alpha value is -1.78. The number of benzene rings is 2. The molecule has 5 heteroatoms. The molecule has 0 bridgehead atoms. The summed E-state index contributed by atoms with van der Waals surface area (Å²) in [4.78, 5) is 7.52. The minimum Gasteiger partial charge on any atom is -0.354 e. The van der Waals surface area contributed by atoms with Crippen LogP contribution in [0.1, 0.15) is 29.9 Å². The quantitative estimate of drug-likeness (QED) is 0.346. The molecule has 2 aromatic heterocycles. The number of rotatable bonds is 4. The number of thiophene rings is 1. The van der Waals surface area contributed by atoms with Crippen LogP contribution in [0, 0.1) is 0 Å². The maximum Gasteiger partial charge on any atom is 0.0611 e. The maximum atomic E-state index is 6.46. The number of likely N-dealkylation sites (tertiary alicyclic amines) is 1. The Bertz CT molecular complexity index is 1100.